The van der Waals surface area contributed by atoms with Crippen molar-refractivity contribution in [2.45, 2.75) is 25.3 Å². The number of anilines is 1. The number of hydrogen-bond donors (Lipinski definition) is 1. The Balaban J connectivity index is 1.31. The highest BCUT2D eigenvalue weighted by atomic mass is 16.6. The van der Waals surface area contributed by atoms with Crippen LogP contribution in [0.3, 0.4) is 0 Å². The van der Waals surface area contributed by atoms with Gasteiger partial charge in [0.25, 0.3) is 0 Å². The SMILES string of the molecule is COc1ccc(CCC(=O)NC2CC(=O)N(c3ccc4c(c3)OCCO4)C2)cc1. The summed E-state index contributed by atoms with van der Waals surface area (Å²) in [5, 5.41) is 2.98. The van der Waals surface area contributed by atoms with Gasteiger partial charge in [-0.05, 0) is 36.2 Å². The Labute approximate surface area is 169 Å². The van der Waals surface area contributed by atoms with Crippen LogP contribution in [0.15, 0.2) is 42.5 Å². The van der Waals surface area contributed by atoms with Gasteiger partial charge in [0, 0.05) is 31.1 Å². The van der Waals surface area contributed by atoms with E-state index in [1.165, 1.54) is 0 Å². The van der Waals surface area contributed by atoms with Crippen LogP contribution >= 0.6 is 0 Å². The van der Waals surface area contributed by atoms with Crippen LogP contribution in [-0.2, 0) is 16.0 Å². The number of aryl methyl sites for hydroxylation is 1. The van der Waals surface area contributed by atoms with Crippen molar-refractivity contribution in [2.24, 2.45) is 0 Å². The molecule has 0 aliphatic carbocycles. The summed E-state index contributed by atoms with van der Waals surface area (Å²) in [7, 11) is 1.62. The number of carbonyl (C=O) groups is 2. The van der Waals surface area contributed by atoms with Crippen LogP contribution in [0.25, 0.3) is 0 Å². The van der Waals surface area contributed by atoms with Crippen LogP contribution in [0.2, 0.25) is 0 Å². The molecule has 7 heteroatoms. The zero-order valence-corrected chi connectivity index (χ0v) is 16.3. The van der Waals surface area contributed by atoms with Gasteiger partial charge in [-0.3, -0.25) is 9.59 Å². The van der Waals surface area contributed by atoms with Gasteiger partial charge in [-0.1, -0.05) is 12.1 Å². The third-order valence-electron chi connectivity index (χ3n) is 5.13. The summed E-state index contributed by atoms with van der Waals surface area (Å²) in [6.45, 7) is 1.48. The highest BCUT2D eigenvalue weighted by Crippen LogP contribution is 2.35. The first-order valence-electron chi connectivity index (χ1n) is 9.74. The Morgan fingerprint density at radius 1 is 1.14 bits per heavy atom. The second-order valence-corrected chi connectivity index (χ2v) is 7.15. The van der Waals surface area contributed by atoms with E-state index in [-0.39, 0.29) is 17.9 Å². The first-order chi connectivity index (χ1) is 14.1. The molecule has 4 rings (SSSR count). The number of hydrogen-bond acceptors (Lipinski definition) is 5. The number of rotatable bonds is 6. The molecule has 2 heterocycles. The summed E-state index contributed by atoms with van der Waals surface area (Å²) in [6, 6.07) is 13.0. The smallest absolute Gasteiger partial charge is 0.229 e. The average molecular weight is 396 g/mol. The molecule has 2 aromatic carbocycles. The minimum Gasteiger partial charge on any atom is -0.497 e. The second kappa shape index (κ2) is 8.43. The van der Waals surface area contributed by atoms with Crippen molar-refractivity contribution in [3.05, 3.63) is 48.0 Å². The predicted octanol–water partition coefficient (Wildman–Crippen LogP) is 2.32. The molecular formula is C22H24N2O5. The molecule has 7 nitrogen and oxygen atoms in total. The maximum Gasteiger partial charge on any atom is 0.229 e. The van der Waals surface area contributed by atoms with E-state index in [0.717, 1.165) is 17.0 Å². The minimum absolute atomic E-state index is 0.0119. The van der Waals surface area contributed by atoms with E-state index in [1.54, 1.807) is 12.0 Å². The van der Waals surface area contributed by atoms with Crippen LogP contribution < -0.4 is 24.4 Å². The van der Waals surface area contributed by atoms with Gasteiger partial charge in [0.2, 0.25) is 11.8 Å². The second-order valence-electron chi connectivity index (χ2n) is 7.15. The van der Waals surface area contributed by atoms with Crippen molar-refractivity contribution in [2.75, 3.05) is 31.8 Å². The zero-order valence-electron chi connectivity index (χ0n) is 16.3. The molecule has 2 aliphatic rings. The van der Waals surface area contributed by atoms with Crippen molar-refractivity contribution in [1.82, 2.24) is 5.32 Å². The van der Waals surface area contributed by atoms with Crippen LogP contribution in [0.4, 0.5) is 5.69 Å². The first-order valence-corrected chi connectivity index (χ1v) is 9.74. The molecule has 1 saturated heterocycles. The van der Waals surface area contributed by atoms with Gasteiger partial charge in [0.05, 0.1) is 13.2 Å². The maximum absolute atomic E-state index is 12.5. The van der Waals surface area contributed by atoms with Gasteiger partial charge >= 0.3 is 0 Å². The molecule has 0 aromatic heterocycles. The standard InChI is InChI=1S/C22H24N2O5/c1-27-18-6-2-15(3-7-18)4-9-21(25)23-16-12-22(26)24(14-16)17-5-8-19-20(13-17)29-11-10-28-19/h2-3,5-8,13,16H,4,9-12,14H2,1H3,(H,23,25). The Kier molecular flexibility index (Phi) is 5.55. The predicted molar refractivity (Wildman–Crippen MR) is 108 cm³/mol. The summed E-state index contributed by atoms with van der Waals surface area (Å²) in [5.74, 6) is 2.07. The molecule has 0 saturated carbocycles. The molecular weight excluding hydrogens is 372 g/mol. The summed E-state index contributed by atoms with van der Waals surface area (Å²) >= 11 is 0. The third kappa shape index (κ3) is 4.45. The van der Waals surface area contributed by atoms with E-state index in [1.807, 2.05) is 42.5 Å². The number of nitrogens with one attached hydrogen (secondary N) is 1. The van der Waals surface area contributed by atoms with Crippen LogP contribution in [0.5, 0.6) is 17.2 Å². The molecule has 0 spiro atoms. The fourth-order valence-electron chi connectivity index (χ4n) is 3.60. The highest BCUT2D eigenvalue weighted by molar-refractivity contribution is 5.97. The van der Waals surface area contributed by atoms with Gasteiger partial charge in [0.15, 0.2) is 11.5 Å². The van der Waals surface area contributed by atoms with Gasteiger partial charge in [-0.25, -0.2) is 0 Å². The number of ether oxygens (including phenoxy) is 3. The Morgan fingerprint density at radius 2 is 1.90 bits per heavy atom. The first kappa shape index (κ1) is 19.1. The normalized spacial score (nSPS) is 17.9. The Morgan fingerprint density at radius 3 is 2.66 bits per heavy atom. The number of nitrogens with zero attached hydrogens (tertiary/aromatic N) is 1. The lowest BCUT2D eigenvalue weighted by molar-refractivity contribution is -0.121. The number of carbonyl (C=O) groups excluding carboxylic acids is 2. The van der Waals surface area contributed by atoms with Crippen molar-refractivity contribution >= 4 is 17.5 Å². The number of methoxy groups -OCH3 is 1. The molecule has 2 amide bonds. The molecule has 2 aliphatic heterocycles. The van der Waals surface area contributed by atoms with E-state index in [4.69, 9.17) is 14.2 Å². The molecule has 29 heavy (non-hydrogen) atoms. The summed E-state index contributed by atoms with van der Waals surface area (Å²) in [6.07, 6.45) is 1.31. The molecule has 1 N–H and O–H groups in total. The maximum atomic E-state index is 12.5. The van der Waals surface area contributed by atoms with Crippen molar-refractivity contribution in [1.29, 1.82) is 0 Å². The number of amides is 2. The largest absolute Gasteiger partial charge is 0.497 e. The fourth-order valence-corrected chi connectivity index (χ4v) is 3.60. The van der Waals surface area contributed by atoms with Crippen LogP contribution in [-0.4, -0.2) is 44.7 Å². The lowest BCUT2D eigenvalue weighted by Crippen LogP contribution is -2.37. The topological polar surface area (TPSA) is 77.1 Å². The van der Waals surface area contributed by atoms with Crippen molar-refractivity contribution in [3.8, 4) is 17.2 Å². The summed E-state index contributed by atoms with van der Waals surface area (Å²) < 4.78 is 16.3. The quantitative estimate of drug-likeness (QED) is 0.811. The van der Waals surface area contributed by atoms with Crippen molar-refractivity contribution in [3.63, 3.8) is 0 Å². The number of benzene rings is 2. The van der Waals surface area contributed by atoms with Crippen LogP contribution in [0, 0.1) is 0 Å². The third-order valence-corrected chi connectivity index (χ3v) is 5.13. The summed E-state index contributed by atoms with van der Waals surface area (Å²) in [4.78, 5) is 26.5. The van der Waals surface area contributed by atoms with E-state index in [9.17, 15) is 9.59 Å². The fraction of sp³-hybridized carbons (Fsp3) is 0.364. The molecule has 0 radical (unpaired) electrons. The molecule has 2 aromatic rings. The van der Waals surface area contributed by atoms with E-state index < -0.39 is 0 Å². The van der Waals surface area contributed by atoms with Gasteiger partial charge in [-0.15, -0.1) is 0 Å². The summed E-state index contributed by atoms with van der Waals surface area (Å²) in [5.41, 5.74) is 1.83. The highest BCUT2D eigenvalue weighted by Gasteiger charge is 2.32. The van der Waals surface area contributed by atoms with Gasteiger partial charge < -0.3 is 24.4 Å². The number of fused-ring (bicyclic) bond motifs is 1. The minimum atomic E-state index is -0.195. The molecule has 1 atom stereocenters. The van der Waals surface area contributed by atoms with Gasteiger partial charge in [-0.2, -0.15) is 0 Å². The Hall–Kier alpha value is -3.22. The Bertz CT molecular complexity index is 897. The lowest BCUT2D eigenvalue weighted by atomic mass is 10.1. The molecule has 1 unspecified atom stereocenters. The zero-order chi connectivity index (χ0) is 20.2. The van der Waals surface area contributed by atoms with Gasteiger partial charge in [0.1, 0.15) is 19.0 Å². The monoisotopic (exact) mass is 396 g/mol. The van der Waals surface area contributed by atoms with E-state index in [2.05, 4.69) is 5.32 Å². The van der Waals surface area contributed by atoms with E-state index in [0.29, 0.717) is 50.5 Å². The van der Waals surface area contributed by atoms with Crippen LogP contribution in [0.1, 0.15) is 18.4 Å². The average Bonchev–Trinajstić information content (AvgIpc) is 3.12. The molecule has 1 fully saturated rings. The van der Waals surface area contributed by atoms with E-state index >= 15 is 0 Å². The molecule has 152 valence electrons. The lowest BCUT2D eigenvalue weighted by Gasteiger charge is -2.22. The van der Waals surface area contributed by atoms with Crippen molar-refractivity contribution < 1.29 is 23.8 Å². The molecule has 0 bridgehead atoms.